The molecule has 100 heavy (non-hydrogen) atoms. The van der Waals surface area contributed by atoms with Gasteiger partial charge in [-0.1, -0.05) is 320 Å². The zero-order chi connectivity index (χ0) is 67.1. The molecule has 0 unspecified atom stereocenters. The van der Waals surface area contributed by atoms with Crippen molar-refractivity contribution in [3.05, 3.63) is 386 Å². The number of benzene rings is 15. The van der Waals surface area contributed by atoms with Gasteiger partial charge in [-0.2, -0.15) is 0 Å². The van der Waals surface area contributed by atoms with Gasteiger partial charge in [0.2, 0.25) is 0 Å². The molecular formula is C94H72BN3Si2. The van der Waals surface area contributed by atoms with Crippen LogP contribution in [0.25, 0.3) is 49.7 Å². The molecule has 2 aliphatic heterocycles. The van der Waals surface area contributed by atoms with Crippen LogP contribution in [0, 0.1) is 27.7 Å². The van der Waals surface area contributed by atoms with Gasteiger partial charge >= 0.3 is 0 Å². The van der Waals surface area contributed by atoms with Gasteiger partial charge in [0.25, 0.3) is 6.71 Å². The highest BCUT2D eigenvalue weighted by atomic mass is 28.3. The van der Waals surface area contributed by atoms with Gasteiger partial charge in [-0.05, 0) is 169 Å². The maximum atomic E-state index is 2.66. The van der Waals surface area contributed by atoms with Gasteiger partial charge in [-0.15, -0.1) is 0 Å². The topological polar surface area (TPSA) is 11.4 Å². The van der Waals surface area contributed by atoms with Crippen LogP contribution in [-0.4, -0.2) is 27.4 Å². The summed E-state index contributed by atoms with van der Waals surface area (Å²) in [7, 11) is -5.86. The number of fused-ring (bicyclic) bond motifs is 7. The highest BCUT2D eigenvalue weighted by Gasteiger charge is 2.48. The first kappa shape index (κ1) is 60.6. The molecule has 0 N–H and O–H groups in total. The van der Waals surface area contributed by atoms with Crippen LogP contribution in [-0.2, 0) is 0 Å². The van der Waals surface area contributed by atoms with Crippen LogP contribution in [0.4, 0.5) is 34.1 Å². The molecular weight excluding hydrogens is 1240 g/mol. The lowest BCUT2D eigenvalue weighted by Gasteiger charge is -2.46. The fourth-order valence-corrected chi connectivity index (χ4v) is 26.9. The zero-order valence-corrected chi connectivity index (χ0v) is 58.6. The minimum Gasteiger partial charge on any atom is -0.311 e. The van der Waals surface area contributed by atoms with E-state index in [1.807, 2.05) is 0 Å². The summed E-state index contributed by atoms with van der Waals surface area (Å²) in [5.74, 6) is 0. The van der Waals surface area contributed by atoms with Crippen molar-refractivity contribution in [2.75, 3.05) is 9.80 Å². The molecule has 0 spiro atoms. The van der Waals surface area contributed by atoms with Crippen LogP contribution in [0.15, 0.2) is 364 Å². The van der Waals surface area contributed by atoms with E-state index in [1.54, 1.807) is 0 Å². The molecule has 15 aromatic carbocycles. The predicted octanol–water partition coefficient (Wildman–Crippen LogP) is 16.2. The Morgan fingerprint density at radius 2 is 0.630 bits per heavy atom. The highest BCUT2D eigenvalue weighted by Crippen LogP contribution is 2.49. The summed E-state index contributed by atoms with van der Waals surface area (Å²) in [5, 5.41) is 13.2. The average molecular weight is 1310 g/mol. The fraction of sp³-hybridized carbons (Fsp3) is 0.0426. The molecule has 2 aliphatic rings. The molecule has 18 rings (SSSR count). The smallest absolute Gasteiger partial charge is 0.252 e. The molecule has 0 atom stereocenters. The third kappa shape index (κ3) is 9.68. The number of hydrogen-bond acceptors (Lipinski definition) is 2. The van der Waals surface area contributed by atoms with Crippen molar-refractivity contribution in [3.8, 4) is 27.9 Å². The van der Waals surface area contributed by atoms with Crippen molar-refractivity contribution in [3.63, 3.8) is 0 Å². The quantitative estimate of drug-likeness (QED) is 0.0842. The van der Waals surface area contributed by atoms with E-state index in [-0.39, 0.29) is 6.71 Å². The highest BCUT2D eigenvalue weighted by molar-refractivity contribution is 7.20. The number of anilines is 6. The molecule has 0 aliphatic carbocycles. The normalized spacial score (nSPS) is 12.5. The standard InChI is InChI=1S/C94H72BN3Si2/c1-65-46-56-87-84(61-65)85-62-66(2)47-57-88(85)97(87)73-63-90-93-91(64-73)98(72-50-54-81(55-51-72)100(77-36-20-9-21-37-77,78-38-22-10-23-39-78)79-40-24-11-25-41-79)94-83(69-28-12-5-13-29-69)43-26-44-86(94)95(93)92-82(70-59-67(3)58-68(4)60-70)42-27-45-89(92)96(90)71-48-52-80(53-49-71)99(74-30-14-6-15-31-74,75-32-16-7-17-33-75)76-34-18-8-19-35-76/h5-64H,1-4H3. The lowest BCUT2D eigenvalue weighted by Crippen LogP contribution is -2.74. The van der Waals surface area contributed by atoms with E-state index in [2.05, 4.69) is 406 Å². The second kappa shape index (κ2) is 24.6. The summed E-state index contributed by atoms with van der Waals surface area (Å²) in [4.78, 5) is 5.29. The average Bonchev–Trinajstić information content (AvgIpc) is 0.786. The van der Waals surface area contributed by atoms with Gasteiger partial charge in [0.05, 0.1) is 16.7 Å². The number of rotatable bonds is 13. The number of nitrogens with zero attached hydrogens (tertiary/aromatic N) is 3. The molecule has 0 amide bonds. The summed E-state index contributed by atoms with van der Waals surface area (Å²) >= 11 is 0. The van der Waals surface area contributed by atoms with Gasteiger partial charge in [-0.25, -0.2) is 0 Å². The molecule has 3 heterocycles. The SMILES string of the molecule is Cc1cc(C)cc(-c2cccc3c2B2c4cccc(-c5ccccc5)c4N(c4ccc([Si](c5ccccc5)(c5ccccc5)c5ccccc5)cc4)c4cc(-n5c6ccc(C)cc6c6cc(C)ccc65)cc(c42)N3c2ccc([Si](c3ccccc3)(c3ccccc3)c3ccccc3)cc2)c1. The van der Waals surface area contributed by atoms with E-state index in [4.69, 9.17) is 0 Å². The lowest BCUT2D eigenvalue weighted by molar-refractivity contribution is 1.16. The van der Waals surface area contributed by atoms with Gasteiger partial charge in [0.1, 0.15) is 0 Å². The predicted molar refractivity (Wildman–Crippen MR) is 432 cm³/mol. The molecule has 0 saturated heterocycles. The lowest BCUT2D eigenvalue weighted by atomic mass is 9.32. The van der Waals surface area contributed by atoms with Crippen molar-refractivity contribution < 1.29 is 0 Å². The molecule has 3 nitrogen and oxygen atoms in total. The Morgan fingerprint density at radius 3 is 1.07 bits per heavy atom. The minimum atomic E-state index is -2.94. The Labute approximate surface area is 589 Å². The monoisotopic (exact) mass is 1310 g/mol. The van der Waals surface area contributed by atoms with Crippen LogP contribution in [0.1, 0.15) is 22.3 Å². The maximum absolute atomic E-state index is 2.94. The first-order valence-corrected chi connectivity index (χ1v) is 39.0. The van der Waals surface area contributed by atoms with Crippen molar-refractivity contribution in [1.29, 1.82) is 0 Å². The third-order valence-corrected chi connectivity index (χ3v) is 31.0. The largest absolute Gasteiger partial charge is 0.311 e. The molecule has 0 bridgehead atoms. The van der Waals surface area contributed by atoms with E-state index in [0.29, 0.717) is 0 Å². The van der Waals surface area contributed by atoms with Crippen molar-refractivity contribution >= 4 is 137 Å². The Bertz CT molecular complexity index is 5480. The molecule has 0 saturated carbocycles. The van der Waals surface area contributed by atoms with E-state index in [9.17, 15) is 0 Å². The van der Waals surface area contributed by atoms with E-state index in [0.717, 1.165) is 34.1 Å². The van der Waals surface area contributed by atoms with Gasteiger partial charge in [0.15, 0.2) is 16.1 Å². The zero-order valence-electron chi connectivity index (χ0n) is 56.6. The summed E-state index contributed by atoms with van der Waals surface area (Å²) in [5.41, 5.74) is 23.8. The van der Waals surface area contributed by atoms with E-state index < -0.39 is 16.1 Å². The van der Waals surface area contributed by atoms with Crippen molar-refractivity contribution in [2.24, 2.45) is 0 Å². The second-order valence-electron chi connectivity index (χ2n) is 27.4. The Kier molecular flexibility index (Phi) is 14.9. The number of para-hydroxylation sites is 1. The van der Waals surface area contributed by atoms with Crippen molar-refractivity contribution in [1.82, 2.24) is 4.57 Å². The van der Waals surface area contributed by atoms with Gasteiger partial charge in [0, 0.05) is 50.5 Å². The first-order chi connectivity index (χ1) is 49.2. The maximum Gasteiger partial charge on any atom is 0.252 e. The second-order valence-corrected chi connectivity index (χ2v) is 35.0. The summed E-state index contributed by atoms with van der Waals surface area (Å²) < 4.78 is 2.55. The van der Waals surface area contributed by atoms with E-state index in [1.165, 1.54) is 130 Å². The molecule has 474 valence electrons. The van der Waals surface area contributed by atoms with Crippen LogP contribution in [0.2, 0.25) is 0 Å². The van der Waals surface area contributed by atoms with E-state index >= 15 is 0 Å². The van der Waals surface area contributed by atoms with Crippen molar-refractivity contribution in [2.45, 2.75) is 27.7 Å². The first-order valence-electron chi connectivity index (χ1n) is 35.0. The molecule has 16 aromatic rings. The Morgan fingerprint density at radius 1 is 0.250 bits per heavy atom. The van der Waals surface area contributed by atoms with Crippen LogP contribution in [0.5, 0.6) is 0 Å². The molecule has 0 fully saturated rings. The Balaban J connectivity index is 0.961. The molecule has 6 heteroatoms. The molecule has 1 aromatic heterocycles. The van der Waals surface area contributed by atoms with Crippen LogP contribution >= 0.6 is 0 Å². The number of aryl methyl sites for hydroxylation is 4. The van der Waals surface area contributed by atoms with Crippen LogP contribution in [0.3, 0.4) is 0 Å². The Hall–Kier alpha value is -11.8. The summed E-state index contributed by atoms with van der Waals surface area (Å²) in [6.07, 6.45) is 0. The molecule has 0 radical (unpaired) electrons. The van der Waals surface area contributed by atoms with Crippen LogP contribution < -0.4 is 67.7 Å². The summed E-state index contributed by atoms with van der Waals surface area (Å²) in [6, 6.07) is 139. The van der Waals surface area contributed by atoms with Gasteiger partial charge < -0.3 is 14.4 Å². The third-order valence-electron chi connectivity index (χ3n) is 21.4. The fourth-order valence-electron chi connectivity index (χ4n) is 17.4. The number of hydrogen-bond donors (Lipinski definition) is 0. The number of aromatic nitrogens is 1. The summed E-state index contributed by atoms with van der Waals surface area (Å²) in [6.45, 7) is 8.72. The van der Waals surface area contributed by atoms with Gasteiger partial charge in [-0.3, -0.25) is 0 Å². The minimum absolute atomic E-state index is 0.206.